The number of anilines is 1. The number of carbonyl (C=O) groups is 1. The number of carbonyl (C=O) groups excluding carboxylic acids is 1. The molecule has 2 aromatic rings. The average Bonchev–Trinajstić information content (AvgIpc) is 3.44. The van der Waals surface area contributed by atoms with E-state index < -0.39 is 15.5 Å². The SMILES string of the molecule is CC.COc1cccc(NC(=O)c2cc(Cl)c([C@@H]3CS(=O)C4(CC4)C(N)=N3)s2)n1. The zero-order chi connectivity index (χ0) is 21.2. The maximum Gasteiger partial charge on any atom is 0.266 e. The maximum atomic E-state index is 12.5. The molecule has 3 N–H and O–H groups in total. The number of pyridine rings is 1. The number of hydrogen-bond acceptors (Lipinski definition) is 7. The van der Waals surface area contributed by atoms with Gasteiger partial charge in [0.1, 0.15) is 16.4 Å². The maximum absolute atomic E-state index is 12.5. The monoisotopic (exact) mass is 454 g/mol. The third kappa shape index (κ3) is 4.31. The largest absolute Gasteiger partial charge is 0.481 e. The number of nitrogens with two attached hydrogens (primary N) is 1. The average molecular weight is 455 g/mol. The molecule has 1 spiro atoms. The molecule has 156 valence electrons. The van der Waals surface area contributed by atoms with Gasteiger partial charge >= 0.3 is 0 Å². The second-order valence-electron chi connectivity index (χ2n) is 6.38. The summed E-state index contributed by atoms with van der Waals surface area (Å²) in [5.74, 6) is 1.26. The molecule has 10 heteroatoms. The van der Waals surface area contributed by atoms with Crippen LogP contribution >= 0.6 is 22.9 Å². The summed E-state index contributed by atoms with van der Waals surface area (Å²) in [5, 5.41) is 3.14. The van der Waals surface area contributed by atoms with Gasteiger partial charge in [-0.25, -0.2) is 0 Å². The lowest BCUT2D eigenvalue weighted by Crippen LogP contribution is -2.41. The molecule has 1 saturated carbocycles. The summed E-state index contributed by atoms with van der Waals surface area (Å²) in [6, 6.07) is 6.30. The van der Waals surface area contributed by atoms with Gasteiger partial charge in [-0.3, -0.25) is 14.0 Å². The number of methoxy groups -OCH3 is 1. The normalized spacial score (nSPS) is 21.6. The Balaban J connectivity index is 0.00000117. The zero-order valence-corrected chi connectivity index (χ0v) is 18.8. The minimum absolute atomic E-state index is 0.332. The summed E-state index contributed by atoms with van der Waals surface area (Å²) in [6.07, 6.45) is 1.64. The van der Waals surface area contributed by atoms with Gasteiger partial charge in [-0.05, 0) is 25.0 Å². The number of rotatable bonds is 4. The molecule has 2 aromatic heterocycles. The highest BCUT2D eigenvalue weighted by molar-refractivity contribution is 7.87. The molecule has 1 fully saturated rings. The van der Waals surface area contributed by atoms with Crippen molar-refractivity contribution in [2.45, 2.75) is 37.5 Å². The lowest BCUT2D eigenvalue weighted by atomic mass is 10.2. The molecule has 7 nitrogen and oxygen atoms in total. The van der Waals surface area contributed by atoms with Crippen molar-refractivity contribution < 1.29 is 13.7 Å². The third-order valence-corrected chi connectivity index (χ3v) is 8.39. The molecule has 2 atom stereocenters. The van der Waals surface area contributed by atoms with Gasteiger partial charge in [-0.15, -0.1) is 11.3 Å². The van der Waals surface area contributed by atoms with Gasteiger partial charge in [-0.1, -0.05) is 31.5 Å². The van der Waals surface area contributed by atoms with Crippen LogP contribution in [0.4, 0.5) is 5.82 Å². The van der Waals surface area contributed by atoms with E-state index in [9.17, 15) is 9.00 Å². The van der Waals surface area contributed by atoms with Crippen LogP contribution in [0.3, 0.4) is 0 Å². The fraction of sp³-hybridized carbons (Fsp3) is 0.421. The topological polar surface area (TPSA) is 107 Å². The van der Waals surface area contributed by atoms with Gasteiger partial charge in [0.15, 0.2) is 0 Å². The fourth-order valence-corrected chi connectivity index (χ4v) is 6.17. The molecule has 1 aliphatic carbocycles. The Morgan fingerprint density at radius 1 is 1.41 bits per heavy atom. The minimum Gasteiger partial charge on any atom is -0.481 e. The van der Waals surface area contributed by atoms with E-state index in [0.717, 1.165) is 12.8 Å². The number of nitrogens with zero attached hydrogens (tertiary/aromatic N) is 2. The molecule has 1 amide bonds. The van der Waals surface area contributed by atoms with E-state index in [1.807, 2.05) is 13.8 Å². The molecule has 1 unspecified atom stereocenters. The number of halogens is 1. The Hall–Kier alpha value is -1.97. The number of thiophene rings is 1. The number of amidine groups is 1. The van der Waals surface area contributed by atoms with Gasteiger partial charge in [0.2, 0.25) is 5.88 Å². The summed E-state index contributed by atoms with van der Waals surface area (Å²) in [6.45, 7) is 4.00. The summed E-state index contributed by atoms with van der Waals surface area (Å²) >= 11 is 7.57. The number of ether oxygens (including phenoxy) is 1. The molecule has 4 rings (SSSR count). The summed E-state index contributed by atoms with van der Waals surface area (Å²) in [5.41, 5.74) is 6.06. The van der Waals surface area contributed by atoms with E-state index in [1.54, 1.807) is 24.3 Å². The highest BCUT2D eigenvalue weighted by Gasteiger charge is 2.55. The van der Waals surface area contributed by atoms with Crippen molar-refractivity contribution in [3.63, 3.8) is 0 Å². The van der Waals surface area contributed by atoms with Crippen molar-refractivity contribution in [3.8, 4) is 5.88 Å². The summed E-state index contributed by atoms with van der Waals surface area (Å²) in [4.78, 5) is 22.3. The van der Waals surface area contributed by atoms with Gasteiger partial charge in [0.25, 0.3) is 5.91 Å². The van der Waals surface area contributed by atoms with Crippen LogP contribution in [0.2, 0.25) is 5.02 Å². The van der Waals surface area contributed by atoms with Gasteiger partial charge in [0, 0.05) is 21.7 Å². The predicted octanol–water partition coefficient (Wildman–Crippen LogP) is 3.78. The van der Waals surface area contributed by atoms with E-state index in [1.165, 1.54) is 18.4 Å². The third-order valence-electron chi connectivity index (χ3n) is 4.62. The van der Waals surface area contributed by atoms with Crippen LogP contribution in [-0.2, 0) is 10.8 Å². The van der Waals surface area contributed by atoms with E-state index in [0.29, 0.717) is 38.1 Å². The van der Waals surface area contributed by atoms with E-state index >= 15 is 0 Å². The molecular weight excluding hydrogens is 432 g/mol. The van der Waals surface area contributed by atoms with Crippen molar-refractivity contribution in [1.82, 2.24) is 4.98 Å². The molecular formula is C19H23ClN4O3S2. The molecule has 0 aromatic carbocycles. The predicted molar refractivity (Wildman–Crippen MR) is 119 cm³/mol. The Morgan fingerprint density at radius 3 is 2.76 bits per heavy atom. The lowest BCUT2D eigenvalue weighted by molar-refractivity contribution is 0.103. The number of nitrogens with one attached hydrogen (secondary N) is 1. The van der Waals surface area contributed by atoms with Gasteiger partial charge in [0.05, 0.1) is 28.8 Å². The van der Waals surface area contributed by atoms with Crippen LogP contribution < -0.4 is 15.8 Å². The molecule has 0 radical (unpaired) electrons. The molecule has 1 aliphatic heterocycles. The Morgan fingerprint density at radius 2 is 2.14 bits per heavy atom. The summed E-state index contributed by atoms with van der Waals surface area (Å²) in [7, 11) is 0.428. The molecule has 3 heterocycles. The van der Waals surface area contributed by atoms with Crippen LogP contribution in [0.5, 0.6) is 5.88 Å². The Labute approximate surface area is 181 Å². The van der Waals surface area contributed by atoms with E-state index in [-0.39, 0.29) is 11.9 Å². The second-order valence-corrected chi connectivity index (χ2v) is 9.68. The quantitative estimate of drug-likeness (QED) is 0.731. The first-order valence-electron chi connectivity index (χ1n) is 9.27. The van der Waals surface area contributed by atoms with Crippen LogP contribution in [0.15, 0.2) is 29.3 Å². The highest BCUT2D eigenvalue weighted by Crippen LogP contribution is 2.47. The molecule has 29 heavy (non-hydrogen) atoms. The van der Waals surface area contributed by atoms with Crippen molar-refractivity contribution >= 4 is 51.3 Å². The number of hydrogen-bond donors (Lipinski definition) is 2. The van der Waals surface area contributed by atoms with Crippen molar-refractivity contribution in [1.29, 1.82) is 0 Å². The van der Waals surface area contributed by atoms with Crippen molar-refractivity contribution in [2.75, 3.05) is 18.2 Å². The van der Waals surface area contributed by atoms with Crippen LogP contribution in [0.1, 0.15) is 47.3 Å². The van der Waals surface area contributed by atoms with Crippen LogP contribution in [0.25, 0.3) is 0 Å². The molecule has 0 bridgehead atoms. The first kappa shape index (κ1) is 21.7. The first-order valence-corrected chi connectivity index (χ1v) is 11.8. The van der Waals surface area contributed by atoms with Crippen LogP contribution in [0, 0.1) is 0 Å². The lowest BCUT2D eigenvalue weighted by Gasteiger charge is -2.24. The van der Waals surface area contributed by atoms with Crippen molar-refractivity contribution in [2.24, 2.45) is 10.7 Å². The highest BCUT2D eigenvalue weighted by atomic mass is 35.5. The van der Waals surface area contributed by atoms with Gasteiger partial charge < -0.3 is 15.8 Å². The van der Waals surface area contributed by atoms with E-state index in [4.69, 9.17) is 22.1 Å². The standard InChI is InChI=1S/C17H17ClN4O3S2.C2H6/c1-25-13-4-2-3-12(21-13)22-15(23)11-7-9(18)14(26-11)10-8-27(24)17(5-6-17)16(19)20-10;1-2/h2-4,7,10H,5-6,8H2,1H3,(H2,19,20)(H,21,22,23);1-2H3/t10-,27?;/m0./s1. The number of aliphatic imine (C=N–C) groups is 1. The Kier molecular flexibility index (Phi) is 6.60. The number of amides is 1. The van der Waals surface area contributed by atoms with Crippen molar-refractivity contribution in [3.05, 3.63) is 39.0 Å². The summed E-state index contributed by atoms with van der Waals surface area (Å²) < 4.78 is 17.2. The minimum atomic E-state index is -1.08. The van der Waals surface area contributed by atoms with Crippen LogP contribution in [-0.4, -0.2) is 38.5 Å². The second kappa shape index (κ2) is 8.81. The Bertz CT molecular complexity index is 972. The molecule has 2 aliphatic rings. The molecule has 0 saturated heterocycles. The fourth-order valence-electron chi connectivity index (χ4n) is 2.97. The van der Waals surface area contributed by atoms with E-state index in [2.05, 4.69) is 15.3 Å². The smallest absolute Gasteiger partial charge is 0.266 e. The van der Waals surface area contributed by atoms with Gasteiger partial charge in [-0.2, -0.15) is 4.98 Å². The number of aromatic nitrogens is 1. The zero-order valence-electron chi connectivity index (χ0n) is 16.4. The first-order chi connectivity index (χ1) is 13.9.